The van der Waals surface area contributed by atoms with E-state index in [0.29, 0.717) is 21.5 Å². The minimum absolute atomic E-state index is 0.483. The molecule has 0 radical (unpaired) electrons. The highest BCUT2D eigenvalue weighted by Crippen LogP contribution is 2.34. The first-order chi connectivity index (χ1) is 9.49. The molecule has 1 unspecified atom stereocenters. The Morgan fingerprint density at radius 3 is 2.00 bits per heavy atom. The van der Waals surface area contributed by atoms with Crippen molar-refractivity contribution >= 4 is 23.2 Å². The number of benzene rings is 2. The lowest BCUT2D eigenvalue weighted by molar-refractivity contribution is 0.220. The Morgan fingerprint density at radius 1 is 0.950 bits per heavy atom. The largest absolute Gasteiger partial charge is 0.384 e. The zero-order chi connectivity index (χ0) is 14.7. The molecule has 0 saturated heterocycles. The van der Waals surface area contributed by atoms with Crippen LogP contribution >= 0.6 is 23.2 Å². The van der Waals surface area contributed by atoms with E-state index in [1.165, 1.54) is 5.56 Å². The summed E-state index contributed by atoms with van der Waals surface area (Å²) in [6.45, 7) is 4.37. The van der Waals surface area contributed by atoms with Gasteiger partial charge in [-0.2, -0.15) is 0 Å². The van der Waals surface area contributed by atoms with Crippen molar-refractivity contribution < 1.29 is 5.11 Å². The summed E-state index contributed by atoms with van der Waals surface area (Å²) >= 11 is 12.3. The Bertz CT molecular complexity index is 556. The van der Waals surface area contributed by atoms with Gasteiger partial charge in [-0.3, -0.25) is 0 Å². The molecule has 2 rings (SSSR count). The molecule has 0 bridgehead atoms. The molecule has 2 aromatic carbocycles. The monoisotopic (exact) mass is 308 g/mol. The minimum Gasteiger partial charge on any atom is -0.384 e. The predicted octanol–water partition coefficient (Wildman–Crippen LogP) is 5.27. The third-order valence-corrected chi connectivity index (χ3v) is 3.87. The van der Waals surface area contributed by atoms with Crippen molar-refractivity contribution in [3.05, 3.63) is 69.2 Å². The zero-order valence-electron chi connectivity index (χ0n) is 11.6. The fourth-order valence-electron chi connectivity index (χ4n) is 2.25. The van der Waals surface area contributed by atoms with Gasteiger partial charge in [-0.15, -0.1) is 0 Å². The lowest BCUT2D eigenvalue weighted by atomic mass is 9.97. The normalized spacial score (nSPS) is 12.7. The van der Waals surface area contributed by atoms with Crippen LogP contribution in [-0.2, 0) is 6.42 Å². The van der Waals surface area contributed by atoms with Crippen LogP contribution in [-0.4, -0.2) is 5.11 Å². The summed E-state index contributed by atoms with van der Waals surface area (Å²) in [6.07, 6.45) is 0.229. The van der Waals surface area contributed by atoms with Crippen molar-refractivity contribution in [2.45, 2.75) is 26.4 Å². The molecule has 1 nitrogen and oxygen atoms in total. The van der Waals surface area contributed by atoms with Crippen molar-refractivity contribution in [2.75, 3.05) is 0 Å². The van der Waals surface area contributed by atoms with Gasteiger partial charge < -0.3 is 5.11 Å². The van der Waals surface area contributed by atoms with E-state index in [1.54, 1.807) is 18.2 Å². The summed E-state index contributed by atoms with van der Waals surface area (Å²) in [5.41, 5.74) is 2.63. The number of aliphatic hydroxyl groups is 1. The molecule has 0 aliphatic heterocycles. The van der Waals surface area contributed by atoms with Gasteiger partial charge in [-0.05, 0) is 35.6 Å². The number of hydrogen-bond acceptors (Lipinski definition) is 1. The van der Waals surface area contributed by atoms with E-state index in [2.05, 4.69) is 13.8 Å². The Labute approximate surface area is 130 Å². The Morgan fingerprint density at radius 2 is 1.50 bits per heavy atom. The van der Waals surface area contributed by atoms with Crippen molar-refractivity contribution in [3.8, 4) is 0 Å². The van der Waals surface area contributed by atoms with E-state index in [-0.39, 0.29) is 0 Å². The number of aliphatic hydroxyl groups excluding tert-OH is 1. The van der Waals surface area contributed by atoms with E-state index in [1.807, 2.05) is 24.3 Å². The average Bonchev–Trinajstić information content (AvgIpc) is 2.38. The van der Waals surface area contributed by atoms with Crippen molar-refractivity contribution in [1.29, 1.82) is 0 Å². The summed E-state index contributed by atoms with van der Waals surface area (Å²) in [7, 11) is 0. The second kappa shape index (κ2) is 6.62. The summed E-state index contributed by atoms with van der Waals surface area (Å²) in [5, 5.41) is 11.4. The molecule has 0 aliphatic carbocycles. The van der Waals surface area contributed by atoms with E-state index >= 15 is 0 Å². The van der Waals surface area contributed by atoms with Crippen LogP contribution in [0.4, 0.5) is 0 Å². The van der Waals surface area contributed by atoms with Gasteiger partial charge in [-0.25, -0.2) is 0 Å². The molecule has 106 valence electrons. The van der Waals surface area contributed by atoms with E-state index in [4.69, 9.17) is 23.2 Å². The van der Waals surface area contributed by atoms with Crippen LogP contribution in [0.5, 0.6) is 0 Å². The maximum absolute atomic E-state index is 10.5. The van der Waals surface area contributed by atoms with Crippen LogP contribution in [0.15, 0.2) is 42.5 Å². The summed E-state index contributed by atoms with van der Waals surface area (Å²) in [4.78, 5) is 0. The first-order valence-corrected chi connectivity index (χ1v) is 7.45. The smallest absolute Gasteiger partial charge is 0.107 e. The second-order valence-corrected chi connectivity index (χ2v) is 6.19. The highest BCUT2D eigenvalue weighted by Gasteiger charge is 2.17. The van der Waals surface area contributed by atoms with Crippen molar-refractivity contribution in [1.82, 2.24) is 0 Å². The molecule has 2 aromatic rings. The van der Waals surface area contributed by atoms with Gasteiger partial charge in [0.15, 0.2) is 0 Å². The van der Waals surface area contributed by atoms with Crippen LogP contribution in [0.3, 0.4) is 0 Å². The molecule has 1 N–H and O–H groups in total. The van der Waals surface area contributed by atoms with Crippen LogP contribution in [0, 0.1) is 5.92 Å². The molecule has 0 aromatic heterocycles. The third kappa shape index (κ3) is 3.54. The minimum atomic E-state index is -0.802. The third-order valence-electron chi connectivity index (χ3n) is 3.21. The molecule has 3 heteroatoms. The molecule has 1 atom stereocenters. The highest BCUT2D eigenvalue weighted by atomic mass is 35.5. The molecule has 0 amide bonds. The van der Waals surface area contributed by atoms with E-state index < -0.39 is 6.10 Å². The molecule has 0 spiro atoms. The fourth-order valence-corrected chi connectivity index (χ4v) is 2.85. The van der Waals surface area contributed by atoms with Crippen LogP contribution in [0.1, 0.15) is 36.6 Å². The van der Waals surface area contributed by atoms with Gasteiger partial charge in [0.1, 0.15) is 6.10 Å². The number of halogens is 2. The second-order valence-electron chi connectivity index (χ2n) is 5.38. The van der Waals surface area contributed by atoms with E-state index in [9.17, 15) is 5.11 Å². The molecule has 0 aliphatic rings. The van der Waals surface area contributed by atoms with Gasteiger partial charge in [0.05, 0.1) is 0 Å². The first-order valence-electron chi connectivity index (χ1n) is 6.70. The van der Waals surface area contributed by atoms with Gasteiger partial charge >= 0.3 is 0 Å². The molecule has 0 heterocycles. The number of rotatable bonds is 4. The molecule has 0 saturated carbocycles. The molecular formula is C17H18Cl2O. The number of hydrogen-bond donors (Lipinski definition) is 1. The zero-order valence-corrected chi connectivity index (χ0v) is 13.1. The SMILES string of the molecule is CC(C)Cc1ccc(C(O)c2c(Cl)cccc2Cl)cc1. The summed E-state index contributed by atoms with van der Waals surface area (Å²) in [6, 6.07) is 13.2. The lowest BCUT2D eigenvalue weighted by Crippen LogP contribution is -2.02. The predicted molar refractivity (Wildman–Crippen MR) is 85.5 cm³/mol. The van der Waals surface area contributed by atoms with Crippen LogP contribution < -0.4 is 0 Å². The fraction of sp³-hybridized carbons (Fsp3) is 0.294. The van der Waals surface area contributed by atoms with Crippen molar-refractivity contribution in [2.24, 2.45) is 5.92 Å². The van der Waals surface area contributed by atoms with Gasteiger partial charge in [0.25, 0.3) is 0 Å². The van der Waals surface area contributed by atoms with Crippen LogP contribution in [0.25, 0.3) is 0 Å². The van der Waals surface area contributed by atoms with Crippen molar-refractivity contribution in [3.63, 3.8) is 0 Å². The first kappa shape index (κ1) is 15.4. The van der Waals surface area contributed by atoms with Gasteiger partial charge in [0, 0.05) is 15.6 Å². The van der Waals surface area contributed by atoms with Gasteiger partial charge in [0.2, 0.25) is 0 Å². The molecule has 20 heavy (non-hydrogen) atoms. The quantitative estimate of drug-likeness (QED) is 0.815. The Kier molecular flexibility index (Phi) is 5.09. The molecular weight excluding hydrogens is 291 g/mol. The Hall–Kier alpha value is -1.02. The Balaban J connectivity index is 2.27. The van der Waals surface area contributed by atoms with Gasteiger partial charge in [-0.1, -0.05) is 67.4 Å². The van der Waals surface area contributed by atoms with Crippen LogP contribution in [0.2, 0.25) is 10.0 Å². The summed E-state index contributed by atoms with van der Waals surface area (Å²) in [5.74, 6) is 0.615. The maximum atomic E-state index is 10.5. The topological polar surface area (TPSA) is 20.2 Å². The molecule has 0 fully saturated rings. The lowest BCUT2D eigenvalue weighted by Gasteiger charge is -2.15. The average molecular weight is 309 g/mol. The standard InChI is InChI=1S/C17H18Cl2O/c1-11(2)10-12-6-8-13(9-7-12)17(20)16-14(18)4-3-5-15(16)19/h3-9,11,17,20H,10H2,1-2H3. The maximum Gasteiger partial charge on any atom is 0.107 e. The highest BCUT2D eigenvalue weighted by molar-refractivity contribution is 6.36. The summed E-state index contributed by atoms with van der Waals surface area (Å²) < 4.78 is 0. The van der Waals surface area contributed by atoms with E-state index in [0.717, 1.165) is 12.0 Å².